The van der Waals surface area contributed by atoms with E-state index in [2.05, 4.69) is 0 Å². The van der Waals surface area contributed by atoms with E-state index in [1.165, 1.54) is 19.1 Å². The van der Waals surface area contributed by atoms with Crippen LogP contribution in [0.2, 0.25) is 5.02 Å². The first-order valence-electron chi connectivity index (χ1n) is 7.92. The molecule has 0 aliphatic carbocycles. The lowest BCUT2D eigenvalue weighted by Crippen LogP contribution is -2.39. The summed E-state index contributed by atoms with van der Waals surface area (Å²) in [6.45, 7) is 2.00. The summed E-state index contributed by atoms with van der Waals surface area (Å²) < 4.78 is 5.20. The van der Waals surface area contributed by atoms with Crippen LogP contribution in [-0.4, -0.2) is 29.4 Å². The molecule has 0 bridgehead atoms. The largest absolute Gasteiger partial charge is 0.449 e. The molecule has 1 aliphatic rings. The van der Waals surface area contributed by atoms with Crippen LogP contribution in [0.5, 0.6) is 0 Å². The number of nitrogens with zero attached hydrogens (tertiary/aromatic N) is 2. The predicted octanol–water partition coefficient (Wildman–Crippen LogP) is 3.38. The zero-order chi connectivity index (χ0) is 18.8. The van der Waals surface area contributed by atoms with Crippen molar-refractivity contribution in [1.29, 1.82) is 0 Å². The van der Waals surface area contributed by atoms with Gasteiger partial charge in [-0.2, -0.15) is 0 Å². The number of fused-ring (bicyclic) bond motifs is 1. The van der Waals surface area contributed by atoms with E-state index < -0.39 is 22.7 Å². The Kier molecular flexibility index (Phi) is 4.90. The highest BCUT2D eigenvalue weighted by Crippen LogP contribution is 2.29. The third-order valence-corrected chi connectivity index (χ3v) is 4.48. The van der Waals surface area contributed by atoms with Crippen LogP contribution in [0.25, 0.3) is 0 Å². The number of anilines is 1. The third-order valence-electron chi connectivity index (χ3n) is 4.16. The number of nitro groups is 1. The molecule has 0 radical (unpaired) electrons. The normalized spacial score (nSPS) is 13.8. The highest BCUT2D eigenvalue weighted by molar-refractivity contribution is 6.32. The zero-order valence-corrected chi connectivity index (χ0v) is 14.6. The number of nitro benzene ring substituents is 1. The molecule has 0 N–H and O–H groups in total. The fraction of sp³-hybridized carbons (Fsp3) is 0.222. The summed E-state index contributed by atoms with van der Waals surface area (Å²) in [7, 11) is 0. The summed E-state index contributed by atoms with van der Waals surface area (Å²) in [4.78, 5) is 36.7. The Balaban J connectivity index is 1.73. The maximum atomic E-state index is 12.6. The molecule has 0 aromatic heterocycles. The number of benzene rings is 2. The lowest BCUT2D eigenvalue weighted by molar-refractivity contribution is -0.384. The second kappa shape index (κ2) is 7.13. The second-order valence-electron chi connectivity index (χ2n) is 5.84. The van der Waals surface area contributed by atoms with E-state index in [1.54, 1.807) is 4.90 Å². The number of amides is 1. The Labute approximate surface area is 154 Å². The van der Waals surface area contributed by atoms with Crippen molar-refractivity contribution in [3.05, 3.63) is 68.7 Å². The SMILES string of the molecule is CC(OC(=O)c1ccc(Cl)c([N+](=O)[O-])c1)C(=O)N1CCc2ccccc21. The van der Waals surface area contributed by atoms with Gasteiger partial charge < -0.3 is 9.64 Å². The first-order chi connectivity index (χ1) is 12.4. The minimum atomic E-state index is -1.02. The number of carbonyl (C=O) groups is 2. The first-order valence-corrected chi connectivity index (χ1v) is 8.30. The molecule has 26 heavy (non-hydrogen) atoms. The number of ether oxygens (including phenoxy) is 1. The van der Waals surface area contributed by atoms with Gasteiger partial charge in [0.1, 0.15) is 5.02 Å². The standard InChI is InChI=1S/C18H15ClN2O5/c1-11(17(22)20-9-8-12-4-2-3-5-15(12)20)26-18(23)13-6-7-14(19)16(10-13)21(24)25/h2-7,10-11H,8-9H2,1H3. The summed E-state index contributed by atoms with van der Waals surface area (Å²) in [6.07, 6.45) is -0.283. The monoisotopic (exact) mass is 374 g/mol. The van der Waals surface area contributed by atoms with Crippen molar-refractivity contribution >= 4 is 34.9 Å². The van der Waals surface area contributed by atoms with Gasteiger partial charge in [-0.25, -0.2) is 4.79 Å². The molecule has 7 nitrogen and oxygen atoms in total. The van der Waals surface area contributed by atoms with Crippen molar-refractivity contribution in [2.24, 2.45) is 0 Å². The number of para-hydroxylation sites is 1. The number of hydrogen-bond donors (Lipinski definition) is 0. The molecule has 0 saturated carbocycles. The van der Waals surface area contributed by atoms with Gasteiger partial charge in [0.25, 0.3) is 11.6 Å². The molecular formula is C18H15ClN2O5. The molecular weight excluding hydrogens is 360 g/mol. The smallest absolute Gasteiger partial charge is 0.339 e. The van der Waals surface area contributed by atoms with Crippen molar-refractivity contribution in [1.82, 2.24) is 0 Å². The topological polar surface area (TPSA) is 89.7 Å². The van der Waals surface area contributed by atoms with Crippen molar-refractivity contribution in [2.75, 3.05) is 11.4 Å². The fourth-order valence-corrected chi connectivity index (χ4v) is 3.03. The van der Waals surface area contributed by atoms with Gasteiger partial charge in [-0.05, 0) is 37.1 Å². The summed E-state index contributed by atoms with van der Waals surface area (Å²) in [5.41, 5.74) is 1.44. The van der Waals surface area contributed by atoms with Crippen molar-refractivity contribution in [2.45, 2.75) is 19.4 Å². The van der Waals surface area contributed by atoms with Crippen LogP contribution in [-0.2, 0) is 16.0 Å². The molecule has 3 rings (SSSR count). The van der Waals surface area contributed by atoms with Crippen molar-refractivity contribution in [3.8, 4) is 0 Å². The highest BCUT2D eigenvalue weighted by Gasteiger charge is 2.30. The summed E-state index contributed by atoms with van der Waals surface area (Å²) in [5.74, 6) is -1.16. The summed E-state index contributed by atoms with van der Waals surface area (Å²) in [6, 6.07) is 11.1. The van der Waals surface area contributed by atoms with Crippen LogP contribution < -0.4 is 4.90 Å². The van der Waals surface area contributed by atoms with Crippen LogP contribution in [0.3, 0.4) is 0 Å². The molecule has 1 unspecified atom stereocenters. The molecule has 8 heteroatoms. The summed E-state index contributed by atoms with van der Waals surface area (Å²) in [5, 5.41) is 10.8. The van der Waals surface area contributed by atoms with Gasteiger partial charge >= 0.3 is 5.97 Å². The van der Waals surface area contributed by atoms with Gasteiger partial charge in [0, 0.05) is 18.3 Å². The molecule has 1 amide bonds. The minimum absolute atomic E-state index is 0.0393. The van der Waals surface area contributed by atoms with Crippen LogP contribution in [0.4, 0.5) is 11.4 Å². The molecule has 0 fully saturated rings. The van der Waals surface area contributed by atoms with E-state index in [0.717, 1.165) is 23.7 Å². The molecule has 2 aromatic carbocycles. The molecule has 1 heterocycles. The van der Waals surface area contributed by atoms with Gasteiger partial charge in [0.2, 0.25) is 0 Å². The van der Waals surface area contributed by atoms with Crippen molar-refractivity contribution < 1.29 is 19.2 Å². The molecule has 134 valence electrons. The Morgan fingerprint density at radius 1 is 1.27 bits per heavy atom. The minimum Gasteiger partial charge on any atom is -0.449 e. The van der Waals surface area contributed by atoms with Crippen LogP contribution in [0.15, 0.2) is 42.5 Å². The number of halogens is 1. The van der Waals surface area contributed by atoms with Crippen molar-refractivity contribution in [3.63, 3.8) is 0 Å². The average Bonchev–Trinajstić information content (AvgIpc) is 3.05. The third kappa shape index (κ3) is 3.39. The van der Waals surface area contributed by atoms with Gasteiger partial charge in [-0.15, -0.1) is 0 Å². The van der Waals surface area contributed by atoms with E-state index >= 15 is 0 Å². The average molecular weight is 375 g/mol. The molecule has 0 saturated heterocycles. The van der Waals surface area contributed by atoms with Gasteiger partial charge in [-0.1, -0.05) is 29.8 Å². The Hall–Kier alpha value is -2.93. The predicted molar refractivity (Wildman–Crippen MR) is 95.5 cm³/mol. The van der Waals surface area contributed by atoms with Gasteiger partial charge in [0.05, 0.1) is 10.5 Å². The molecule has 1 aliphatic heterocycles. The first kappa shape index (κ1) is 17.9. The Morgan fingerprint density at radius 3 is 2.73 bits per heavy atom. The number of carbonyl (C=O) groups excluding carboxylic acids is 2. The van der Waals surface area contributed by atoms with Gasteiger partial charge in [0.15, 0.2) is 6.10 Å². The zero-order valence-electron chi connectivity index (χ0n) is 13.8. The molecule has 1 atom stereocenters. The number of esters is 1. The van der Waals surface area contributed by atoms with Crippen LogP contribution in [0, 0.1) is 10.1 Å². The summed E-state index contributed by atoms with van der Waals surface area (Å²) >= 11 is 5.73. The van der Waals surface area contributed by atoms with Gasteiger partial charge in [-0.3, -0.25) is 14.9 Å². The van der Waals surface area contributed by atoms with E-state index in [9.17, 15) is 19.7 Å². The van der Waals surface area contributed by atoms with E-state index in [-0.39, 0.29) is 16.5 Å². The Bertz CT molecular complexity index is 899. The van der Waals surface area contributed by atoms with E-state index in [0.29, 0.717) is 6.54 Å². The second-order valence-corrected chi connectivity index (χ2v) is 6.25. The number of hydrogen-bond acceptors (Lipinski definition) is 5. The lowest BCUT2D eigenvalue weighted by Gasteiger charge is -2.21. The quantitative estimate of drug-likeness (QED) is 0.465. The van der Waals surface area contributed by atoms with Crippen LogP contribution >= 0.6 is 11.6 Å². The maximum absolute atomic E-state index is 12.6. The fourth-order valence-electron chi connectivity index (χ4n) is 2.85. The van der Waals surface area contributed by atoms with E-state index in [1.807, 2.05) is 24.3 Å². The van der Waals surface area contributed by atoms with E-state index in [4.69, 9.17) is 16.3 Å². The Morgan fingerprint density at radius 2 is 2.00 bits per heavy atom. The highest BCUT2D eigenvalue weighted by atomic mass is 35.5. The number of rotatable bonds is 4. The maximum Gasteiger partial charge on any atom is 0.339 e. The lowest BCUT2D eigenvalue weighted by atomic mass is 10.2. The molecule has 2 aromatic rings. The molecule has 0 spiro atoms. The van der Waals surface area contributed by atoms with Crippen LogP contribution in [0.1, 0.15) is 22.8 Å².